The molecular weight excluding hydrogens is 276 g/mol. The van der Waals surface area contributed by atoms with Crippen molar-refractivity contribution in [3.05, 3.63) is 65.2 Å². The van der Waals surface area contributed by atoms with Crippen LogP contribution in [0.5, 0.6) is 0 Å². The number of carbonyl (C=O) groups is 1. The molecule has 4 nitrogen and oxygen atoms in total. The van der Waals surface area contributed by atoms with Crippen molar-refractivity contribution in [1.29, 1.82) is 0 Å². The maximum Gasteiger partial charge on any atom is 0.255 e. The molecule has 2 rings (SSSR count). The van der Waals surface area contributed by atoms with Gasteiger partial charge in [-0.05, 0) is 55.9 Å². The van der Waals surface area contributed by atoms with Gasteiger partial charge in [0.15, 0.2) is 0 Å². The molecule has 1 amide bonds. The Morgan fingerprint density at radius 3 is 2.14 bits per heavy atom. The van der Waals surface area contributed by atoms with Gasteiger partial charge < -0.3 is 15.3 Å². The average molecular weight is 298 g/mol. The first-order chi connectivity index (χ1) is 10.6. The maximum absolute atomic E-state index is 12.1. The number of nitrogens with one attached hydrogen (secondary N) is 1. The van der Waals surface area contributed by atoms with E-state index in [4.69, 9.17) is 5.11 Å². The predicted octanol–water partition coefficient (Wildman–Crippen LogP) is 2.54. The third-order valence-electron chi connectivity index (χ3n) is 3.46. The molecule has 2 aromatic rings. The molecule has 0 bridgehead atoms. The van der Waals surface area contributed by atoms with Crippen LogP contribution in [0.1, 0.15) is 21.5 Å². The number of nitrogens with zero attached hydrogens (tertiary/aromatic N) is 1. The highest BCUT2D eigenvalue weighted by molar-refractivity contribution is 6.04. The smallest absolute Gasteiger partial charge is 0.255 e. The molecule has 0 fully saturated rings. The lowest BCUT2D eigenvalue weighted by Gasteiger charge is -2.10. The van der Waals surface area contributed by atoms with Crippen LogP contribution in [0.2, 0.25) is 0 Å². The molecule has 0 radical (unpaired) electrons. The number of amides is 1. The van der Waals surface area contributed by atoms with Gasteiger partial charge in [-0.2, -0.15) is 0 Å². The Bertz CT molecular complexity index is 604. The largest absolute Gasteiger partial charge is 0.392 e. The molecule has 0 saturated carbocycles. The van der Waals surface area contributed by atoms with Gasteiger partial charge in [-0.15, -0.1) is 0 Å². The van der Waals surface area contributed by atoms with E-state index >= 15 is 0 Å². The van der Waals surface area contributed by atoms with Crippen molar-refractivity contribution in [3.8, 4) is 0 Å². The minimum absolute atomic E-state index is 0.0175. The summed E-state index contributed by atoms with van der Waals surface area (Å²) in [5, 5.41) is 11.9. The van der Waals surface area contributed by atoms with E-state index in [-0.39, 0.29) is 12.5 Å². The molecule has 0 aliphatic rings. The first-order valence-corrected chi connectivity index (χ1v) is 7.33. The summed E-state index contributed by atoms with van der Waals surface area (Å²) in [5.74, 6) is -0.148. The maximum atomic E-state index is 12.1. The van der Waals surface area contributed by atoms with Gasteiger partial charge in [0.25, 0.3) is 5.91 Å². The molecule has 0 unspecified atom stereocenters. The Balaban J connectivity index is 1.96. The molecule has 0 aromatic heterocycles. The summed E-state index contributed by atoms with van der Waals surface area (Å²) in [5.41, 5.74) is 3.40. The van der Waals surface area contributed by atoms with Gasteiger partial charge in [0.2, 0.25) is 0 Å². The molecule has 0 heterocycles. The Hall–Kier alpha value is -2.17. The second-order valence-electron chi connectivity index (χ2n) is 5.56. The molecule has 0 saturated heterocycles. The Morgan fingerprint density at radius 1 is 1.00 bits per heavy atom. The zero-order valence-electron chi connectivity index (χ0n) is 13.0. The summed E-state index contributed by atoms with van der Waals surface area (Å²) in [6.45, 7) is 0.985. The fraction of sp³-hybridized carbons (Fsp3) is 0.278. The number of hydrogen-bond donors (Lipinski definition) is 2. The number of aliphatic hydroxyl groups excluding tert-OH is 1. The highest BCUT2D eigenvalue weighted by Crippen LogP contribution is 2.12. The number of aliphatic hydroxyl groups is 1. The van der Waals surface area contributed by atoms with Crippen LogP contribution in [0.25, 0.3) is 0 Å². The SMILES string of the molecule is CN(C)CCc1ccc(NC(=O)c2ccc(CO)cc2)cc1. The van der Waals surface area contributed by atoms with Crippen LogP contribution >= 0.6 is 0 Å². The molecule has 2 aromatic carbocycles. The highest BCUT2D eigenvalue weighted by Gasteiger charge is 2.06. The number of benzene rings is 2. The minimum atomic E-state index is -0.148. The molecular formula is C18H22N2O2. The summed E-state index contributed by atoms with van der Waals surface area (Å²) in [7, 11) is 4.10. The fourth-order valence-electron chi connectivity index (χ4n) is 2.07. The van der Waals surface area contributed by atoms with Crippen molar-refractivity contribution in [2.45, 2.75) is 13.0 Å². The molecule has 22 heavy (non-hydrogen) atoms. The van der Waals surface area contributed by atoms with Crippen LogP contribution in [-0.2, 0) is 13.0 Å². The third-order valence-corrected chi connectivity index (χ3v) is 3.46. The molecule has 0 aliphatic carbocycles. The number of hydrogen-bond acceptors (Lipinski definition) is 3. The van der Waals surface area contributed by atoms with Crippen molar-refractivity contribution in [2.75, 3.05) is 26.0 Å². The molecule has 2 N–H and O–H groups in total. The van der Waals surface area contributed by atoms with Gasteiger partial charge in [-0.25, -0.2) is 0 Å². The standard InChI is InChI=1S/C18H22N2O2/c1-20(2)12-11-14-5-9-17(10-6-14)19-18(22)16-7-3-15(13-21)4-8-16/h3-10,21H,11-13H2,1-2H3,(H,19,22). The predicted molar refractivity (Wildman–Crippen MR) is 89.0 cm³/mol. The molecule has 0 aliphatic heterocycles. The van der Waals surface area contributed by atoms with E-state index in [1.54, 1.807) is 24.3 Å². The van der Waals surface area contributed by atoms with Crippen molar-refractivity contribution in [3.63, 3.8) is 0 Å². The molecule has 0 atom stereocenters. The van der Waals surface area contributed by atoms with E-state index in [2.05, 4.69) is 24.3 Å². The van der Waals surface area contributed by atoms with Crippen LogP contribution in [0.15, 0.2) is 48.5 Å². The van der Waals surface area contributed by atoms with E-state index in [0.717, 1.165) is 24.2 Å². The van der Waals surface area contributed by atoms with Gasteiger partial charge >= 0.3 is 0 Å². The second-order valence-corrected chi connectivity index (χ2v) is 5.56. The Morgan fingerprint density at radius 2 is 1.59 bits per heavy atom. The van der Waals surface area contributed by atoms with Gasteiger partial charge in [-0.1, -0.05) is 24.3 Å². The summed E-state index contributed by atoms with van der Waals surface area (Å²) in [6.07, 6.45) is 0.990. The minimum Gasteiger partial charge on any atom is -0.392 e. The van der Waals surface area contributed by atoms with E-state index in [0.29, 0.717) is 5.56 Å². The zero-order chi connectivity index (χ0) is 15.9. The zero-order valence-corrected chi connectivity index (χ0v) is 13.0. The van der Waals surface area contributed by atoms with Crippen LogP contribution in [0.3, 0.4) is 0 Å². The van der Waals surface area contributed by atoms with Crippen LogP contribution in [0, 0.1) is 0 Å². The second kappa shape index (κ2) is 7.73. The summed E-state index contributed by atoms with van der Waals surface area (Å²) in [6, 6.07) is 14.8. The van der Waals surface area contributed by atoms with E-state index < -0.39 is 0 Å². The third kappa shape index (κ3) is 4.69. The first-order valence-electron chi connectivity index (χ1n) is 7.33. The van der Waals surface area contributed by atoms with Crippen molar-refractivity contribution in [1.82, 2.24) is 4.90 Å². The lowest BCUT2D eigenvalue weighted by molar-refractivity contribution is 0.102. The van der Waals surface area contributed by atoms with Gasteiger partial charge in [-0.3, -0.25) is 4.79 Å². The quantitative estimate of drug-likeness (QED) is 0.861. The topological polar surface area (TPSA) is 52.6 Å². The van der Waals surface area contributed by atoms with Gasteiger partial charge in [0.1, 0.15) is 0 Å². The van der Waals surface area contributed by atoms with E-state index in [1.807, 2.05) is 24.3 Å². The summed E-state index contributed by atoms with van der Waals surface area (Å²) < 4.78 is 0. The number of carbonyl (C=O) groups excluding carboxylic acids is 1. The van der Waals surface area contributed by atoms with Gasteiger partial charge in [0.05, 0.1) is 6.61 Å². The van der Waals surface area contributed by atoms with Gasteiger partial charge in [0, 0.05) is 17.8 Å². The monoisotopic (exact) mass is 298 g/mol. The summed E-state index contributed by atoms with van der Waals surface area (Å²) >= 11 is 0. The molecule has 116 valence electrons. The fourth-order valence-corrected chi connectivity index (χ4v) is 2.07. The average Bonchev–Trinajstić information content (AvgIpc) is 2.54. The van der Waals surface area contributed by atoms with Crippen molar-refractivity contribution in [2.24, 2.45) is 0 Å². The molecule has 0 spiro atoms. The van der Waals surface area contributed by atoms with Crippen molar-refractivity contribution >= 4 is 11.6 Å². The number of anilines is 1. The summed E-state index contributed by atoms with van der Waals surface area (Å²) in [4.78, 5) is 14.3. The number of rotatable bonds is 6. The van der Waals surface area contributed by atoms with E-state index in [9.17, 15) is 4.79 Å². The first kappa shape index (κ1) is 16.2. The lowest BCUT2D eigenvalue weighted by Crippen LogP contribution is -2.15. The highest BCUT2D eigenvalue weighted by atomic mass is 16.3. The van der Waals surface area contributed by atoms with Crippen LogP contribution in [0.4, 0.5) is 5.69 Å². The Labute approximate surface area is 131 Å². The van der Waals surface area contributed by atoms with Crippen LogP contribution in [-0.4, -0.2) is 36.6 Å². The molecule has 4 heteroatoms. The van der Waals surface area contributed by atoms with Crippen LogP contribution < -0.4 is 5.32 Å². The lowest BCUT2D eigenvalue weighted by atomic mass is 10.1. The normalized spacial score (nSPS) is 10.7. The van der Waals surface area contributed by atoms with Crippen molar-refractivity contribution < 1.29 is 9.90 Å². The number of likely N-dealkylation sites (N-methyl/N-ethyl adjacent to an activating group) is 1. The van der Waals surface area contributed by atoms with E-state index in [1.165, 1.54) is 5.56 Å². The Kier molecular flexibility index (Phi) is 5.69.